The lowest BCUT2D eigenvalue weighted by molar-refractivity contribution is 0.0941. The number of nitrogens with zero attached hydrogens (tertiary/aromatic N) is 1. The summed E-state index contributed by atoms with van der Waals surface area (Å²) in [6, 6.07) is 7.40. The second-order valence-electron chi connectivity index (χ2n) is 4.76. The predicted molar refractivity (Wildman–Crippen MR) is 67.5 cm³/mol. The number of likely N-dealkylation sites (N-methyl/N-ethyl adjacent to an activating group) is 1. The Morgan fingerprint density at radius 3 is 2.76 bits per heavy atom. The fourth-order valence-corrected chi connectivity index (χ4v) is 2.01. The van der Waals surface area contributed by atoms with Gasteiger partial charge in [0, 0.05) is 6.54 Å². The summed E-state index contributed by atoms with van der Waals surface area (Å²) < 4.78 is 5.20. The highest BCUT2D eigenvalue weighted by molar-refractivity contribution is 6.00. The van der Waals surface area contributed by atoms with Crippen LogP contribution in [0.15, 0.2) is 24.3 Å². The Hall–Kier alpha value is -1.35. The minimum atomic E-state index is 0.130. The van der Waals surface area contributed by atoms with Gasteiger partial charge in [0.2, 0.25) is 0 Å². The molecule has 1 aromatic carbocycles. The third-order valence-corrected chi connectivity index (χ3v) is 3.09. The molecule has 0 aliphatic heterocycles. The molecule has 0 unspecified atom stereocenters. The van der Waals surface area contributed by atoms with E-state index in [-0.39, 0.29) is 5.78 Å². The van der Waals surface area contributed by atoms with E-state index in [1.807, 2.05) is 31.3 Å². The first-order valence-corrected chi connectivity index (χ1v) is 6.05. The van der Waals surface area contributed by atoms with Gasteiger partial charge in [0.15, 0.2) is 5.78 Å². The van der Waals surface area contributed by atoms with Gasteiger partial charge in [-0.15, -0.1) is 0 Å². The van der Waals surface area contributed by atoms with Crippen molar-refractivity contribution in [1.29, 1.82) is 0 Å². The van der Waals surface area contributed by atoms with Crippen molar-refractivity contribution < 1.29 is 9.53 Å². The number of ether oxygens (including phenoxy) is 1. The largest absolute Gasteiger partial charge is 0.496 e. The minimum absolute atomic E-state index is 0.130. The van der Waals surface area contributed by atoms with E-state index in [9.17, 15) is 4.79 Å². The highest BCUT2D eigenvalue weighted by Gasteiger charge is 2.24. The van der Waals surface area contributed by atoms with Crippen molar-refractivity contribution in [2.24, 2.45) is 5.92 Å². The topological polar surface area (TPSA) is 29.5 Å². The van der Waals surface area contributed by atoms with Gasteiger partial charge in [-0.25, -0.2) is 0 Å². The summed E-state index contributed by atoms with van der Waals surface area (Å²) in [5.74, 6) is 1.60. The van der Waals surface area contributed by atoms with Crippen LogP contribution in [0.1, 0.15) is 23.2 Å². The quantitative estimate of drug-likeness (QED) is 0.706. The van der Waals surface area contributed by atoms with Crippen LogP contribution in [0, 0.1) is 5.92 Å². The van der Waals surface area contributed by atoms with Crippen LogP contribution >= 0.6 is 0 Å². The van der Waals surface area contributed by atoms with Crippen molar-refractivity contribution in [3.8, 4) is 5.75 Å². The maximum absolute atomic E-state index is 12.1. The van der Waals surface area contributed by atoms with E-state index in [0.717, 1.165) is 12.5 Å². The average molecular weight is 233 g/mol. The third kappa shape index (κ3) is 3.30. The van der Waals surface area contributed by atoms with Crippen LogP contribution in [0.5, 0.6) is 5.75 Å². The highest BCUT2D eigenvalue weighted by atomic mass is 16.5. The van der Waals surface area contributed by atoms with E-state index >= 15 is 0 Å². The van der Waals surface area contributed by atoms with Crippen molar-refractivity contribution in [2.45, 2.75) is 12.8 Å². The summed E-state index contributed by atoms with van der Waals surface area (Å²) in [6.07, 6.45) is 2.63. The summed E-state index contributed by atoms with van der Waals surface area (Å²) >= 11 is 0. The van der Waals surface area contributed by atoms with Crippen molar-refractivity contribution in [3.63, 3.8) is 0 Å². The van der Waals surface area contributed by atoms with Crippen molar-refractivity contribution >= 4 is 5.78 Å². The lowest BCUT2D eigenvalue weighted by Crippen LogP contribution is -2.28. The Morgan fingerprint density at radius 2 is 2.12 bits per heavy atom. The van der Waals surface area contributed by atoms with Gasteiger partial charge in [-0.05, 0) is 37.9 Å². The number of hydrogen-bond donors (Lipinski definition) is 0. The highest BCUT2D eigenvalue weighted by Crippen LogP contribution is 2.29. The van der Waals surface area contributed by atoms with Crippen molar-refractivity contribution in [2.75, 3.05) is 27.2 Å². The molecule has 1 saturated carbocycles. The van der Waals surface area contributed by atoms with Crippen LogP contribution in [0.3, 0.4) is 0 Å². The van der Waals surface area contributed by atoms with E-state index in [1.165, 1.54) is 12.8 Å². The molecule has 0 bridgehead atoms. The fraction of sp³-hybridized carbons (Fsp3) is 0.500. The Morgan fingerprint density at radius 1 is 1.41 bits per heavy atom. The van der Waals surface area contributed by atoms with Crippen LogP contribution < -0.4 is 4.74 Å². The number of carbonyl (C=O) groups is 1. The number of ketones is 1. The molecule has 0 N–H and O–H groups in total. The van der Waals surface area contributed by atoms with Crippen molar-refractivity contribution in [3.05, 3.63) is 29.8 Å². The molecule has 0 saturated heterocycles. The Labute approximate surface area is 102 Å². The Balaban J connectivity index is 1.97. The van der Waals surface area contributed by atoms with E-state index in [0.29, 0.717) is 17.9 Å². The van der Waals surface area contributed by atoms with Gasteiger partial charge in [0.05, 0.1) is 19.2 Å². The first kappa shape index (κ1) is 12.1. The molecule has 0 atom stereocenters. The first-order valence-electron chi connectivity index (χ1n) is 6.05. The second kappa shape index (κ2) is 5.32. The normalized spacial score (nSPS) is 15.0. The lowest BCUT2D eigenvalue weighted by Gasteiger charge is -2.16. The van der Waals surface area contributed by atoms with Gasteiger partial charge in [0.25, 0.3) is 0 Å². The standard InChI is InChI=1S/C14H19NO2/c1-15(9-11-7-8-11)10-13(16)12-5-3-4-6-14(12)17-2/h3-6,11H,7-10H2,1-2H3. The summed E-state index contributed by atoms with van der Waals surface area (Å²) in [5, 5.41) is 0. The van der Waals surface area contributed by atoms with E-state index < -0.39 is 0 Å². The van der Waals surface area contributed by atoms with Gasteiger partial charge in [0.1, 0.15) is 5.75 Å². The zero-order chi connectivity index (χ0) is 12.3. The predicted octanol–water partition coefficient (Wildman–Crippen LogP) is 2.22. The van der Waals surface area contributed by atoms with Crippen LogP contribution in [-0.4, -0.2) is 37.9 Å². The summed E-state index contributed by atoms with van der Waals surface area (Å²) in [7, 11) is 3.60. The van der Waals surface area contributed by atoms with Gasteiger partial charge in [-0.1, -0.05) is 12.1 Å². The van der Waals surface area contributed by atoms with Gasteiger partial charge >= 0.3 is 0 Å². The molecule has 2 rings (SSSR count). The SMILES string of the molecule is COc1ccccc1C(=O)CN(C)CC1CC1. The van der Waals surface area contributed by atoms with Crippen LogP contribution in [0.25, 0.3) is 0 Å². The van der Waals surface area contributed by atoms with Gasteiger partial charge in [-0.2, -0.15) is 0 Å². The molecule has 3 nitrogen and oxygen atoms in total. The molecular formula is C14H19NO2. The minimum Gasteiger partial charge on any atom is -0.496 e. The first-order chi connectivity index (χ1) is 8.20. The number of hydrogen-bond acceptors (Lipinski definition) is 3. The molecule has 0 amide bonds. The summed E-state index contributed by atoms with van der Waals surface area (Å²) in [4.78, 5) is 14.2. The molecular weight excluding hydrogens is 214 g/mol. The Kier molecular flexibility index (Phi) is 3.79. The zero-order valence-electron chi connectivity index (χ0n) is 10.5. The molecule has 3 heteroatoms. The smallest absolute Gasteiger partial charge is 0.180 e. The number of carbonyl (C=O) groups excluding carboxylic acids is 1. The van der Waals surface area contributed by atoms with Gasteiger partial charge < -0.3 is 4.74 Å². The molecule has 0 spiro atoms. The molecule has 0 heterocycles. The van der Waals surface area contributed by atoms with E-state index in [1.54, 1.807) is 7.11 Å². The van der Waals surface area contributed by atoms with Crippen LogP contribution in [0.2, 0.25) is 0 Å². The fourth-order valence-electron chi connectivity index (χ4n) is 2.01. The van der Waals surface area contributed by atoms with Crippen LogP contribution in [-0.2, 0) is 0 Å². The monoisotopic (exact) mass is 233 g/mol. The molecule has 1 fully saturated rings. The van der Waals surface area contributed by atoms with Gasteiger partial charge in [-0.3, -0.25) is 9.69 Å². The average Bonchev–Trinajstić information content (AvgIpc) is 3.12. The summed E-state index contributed by atoms with van der Waals surface area (Å²) in [6.45, 7) is 1.50. The van der Waals surface area contributed by atoms with E-state index in [2.05, 4.69) is 4.90 Å². The number of Topliss-reactive ketones (excluding diaryl/α,β-unsaturated/α-hetero) is 1. The van der Waals surface area contributed by atoms with Crippen molar-refractivity contribution in [1.82, 2.24) is 4.90 Å². The maximum atomic E-state index is 12.1. The molecule has 1 aliphatic rings. The second-order valence-corrected chi connectivity index (χ2v) is 4.76. The third-order valence-electron chi connectivity index (χ3n) is 3.09. The molecule has 1 aromatic rings. The molecule has 1 aliphatic carbocycles. The lowest BCUT2D eigenvalue weighted by atomic mass is 10.1. The number of para-hydroxylation sites is 1. The Bertz CT molecular complexity index is 399. The molecule has 0 radical (unpaired) electrons. The molecule has 0 aromatic heterocycles. The van der Waals surface area contributed by atoms with Crippen LogP contribution in [0.4, 0.5) is 0 Å². The summed E-state index contributed by atoms with van der Waals surface area (Å²) in [5.41, 5.74) is 0.678. The molecule has 17 heavy (non-hydrogen) atoms. The zero-order valence-corrected chi connectivity index (χ0v) is 10.5. The number of rotatable bonds is 6. The molecule has 92 valence electrons. The number of methoxy groups -OCH3 is 1. The van der Waals surface area contributed by atoms with E-state index in [4.69, 9.17) is 4.74 Å². The number of benzene rings is 1. The maximum Gasteiger partial charge on any atom is 0.180 e.